The normalized spacial score (nSPS) is 15.7. The molecule has 3 rings (SSSR count). The summed E-state index contributed by atoms with van der Waals surface area (Å²) in [7, 11) is -4.16. The Morgan fingerprint density at radius 2 is 1.63 bits per heavy atom. The third kappa shape index (κ3) is 4.01. The molecule has 0 bridgehead atoms. The van der Waals surface area contributed by atoms with Gasteiger partial charge in [-0.3, -0.25) is 4.79 Å². The third-order valence-corrected chi connectivity index (χ3v) is 6.56. The highest BCUT2D eigenvalue weighted by Gasteiger charge is 2.32. The summed E-state index contributed by atoms with van der Waals surface area (Å²) < 4.78 is 53.5. The molecule has 1 fully saturated rings. The van der Waals surface area contributed by atoms with E-state index in [9.17, 15) is 22.0 Å². The molecule has 8 heteroatoms. The number of nitrogens with zero attached hydrogens (tertiary/aromatic N) is 2. The lowest BCUT2D eigenvalue weighted by Gasteiger charge is -2.34. The van der Waals surface area contributed by atoms with Crippen LogP contribution in [-0.4, -0.2) is 49.7 Å². The summed E-state index contributed by atoms with van der Waals surface area (Å²) in [6, 6.07) is 9.63. The van der Waals surface area contributed by atoms with E-state index in [4.69, 9.17) is 0 Å². The van der Waals surface area contributed by atoms with Gasteiger partial charge in [0.25, 0.3) is 5.91 Å². The fourth-order valence-corrected chi connectivity index (χ4v) is 4.51. The van der Waals surface area contributed by atoms with E-state index in [-0.39, 0.29) is 32.1 Å². The molecule has 0 unspecified atom stereocenters. The first-order valence-electron chi connectivity index (χ1n) is 8.66. The van der Waals surface area contributed by atoms with Crippen LogP contribution in [0.1, 0.15) is 22.8 Å². The first kappa shape index (κ1) is 19.4. The zero-order valence-corrected chi connectivity index (χ0v) is 15.7. The van der Waals surface area contributed by atoms with Crippen molar-refractivity contribution in [3.63, 3.8) is 0 Å². The van der Waals surface area contributed by atoms with Crippen LogP contribution in [0.4, 0.5) is 8.78 Å². The van der Waals surface area contributed by atoms with Gasteiger partial charge in [0.1, 0.15) is 16.5 Å². The Balaban J connectivity index is 1.70. The second-order valence-electron chi connectivity index (χ2n) is 6.32. The zero-order valence-electron chi connectivity index (χ0n) is 14.9. The van der Waals surface area contributed by atoms with Crippen LogP contribution in [0.5, 0.6) is 0 Å². The van der Waals surface area contributed by atoms with Crippen LogP contribution in [-0.2, 0) is 16.4 Å². The third-order valence-electron chi connectivity index (χ3n) is 4.65. The smallest absolute Gasteiger partial charge is 0.253 e. The number of sulfonamides is 1. The van der Waals surface area contributed by atoms with Crippen LogP contribution in [0.15, 0.2) is 47.4 Å². The van der Waals surface area contributed by atoms with Gasteiger partial charge in [0.2, 0.25) is 10.0 Å². The second kappa shape index (κ2) is 7.74. The minimum Gasteiger partial charge on any atom is -0.336 e. The molecule has 1 aliphatic rings. The summed E-state index contributed by atoms with van der Waals surface area (Å²) >= 11 is 0. The molecule has 2 aromatic carbocycles. The van der Waals surface area contributed by atoms with Crippen molar-refractivity contribution in [1.82, 2.24) is 9.21 Å². The lowest BCUT2D eigenvalue weighted by Crippen LogP contribution is -2.50. The molecule has 1 aliphatic heterocycles. The van der Waals surface area contributed by atoms with Crippen LogP contribution < -0.4 is 0 Å². The molecule has 27 heavy (non-hydrogen) atoms. The van der Waals surface area contributed by atoms with E-state index in [0.717, 1.165) is 28.4 Å². The number of benzene rings is 2. The van der Waals surface area contributed by atoms with Crippen molar-refractivity contribution in [3.05, 3.63) is 65.2 Å². The van der Waals surface area contributed by atoms with Gasteiger partial charge in [-0.05, 0) is 42.3 Å². The molecule has 5 nitrogen and oxygen atoms in total. The molecule has 1 heterocycles. The molecule has 0 radical (unpaired) electrons. The molecule has 0 saturated carbocycles. The molecule has 144 valence electrons. The van der Waals surface area contributed by atoms with Crippen molar-refractivity contribution in [2.75, 3.05) is 26.2 Å². The number of hydrogen-bond donors (Lipinski definition) is 0. The number of piperazine rings is 1. The van der Waals surface area contributed by atoms with E-state index in [1.165, 1.54) is 0 Å². The number of hydrogen-bond acceptors (Lipinski definition) is 3. The van der Waals surface area contributed by atoms with Gasteiger partial charge in [-0.25, -0.2) is 17.2 Å². The number of halogens is 2. The Hall–Kier alpha value is -2.32. The van der Waals surface area contributed by atoms with E-state index < -0.39 is 26.6 Å². The van der Waals surface area contributed by atoms with Crippen LogP contribution in [0.25, 0.3) is 0 Å². The Bertz CT molecular complexity index is 938. The fourth-order valence-electron chi connectivity index (χ4n) is 3.01. The Morgan fingerprint density at radius 1 is 1.00 bits per heavy atom. The van der Waals surface area contributed by atoms with Gasteiger partial charge in [-0.15, -0.1) is 0 Å². The SMILES string of the molecule is CCc1ccc(C(=O)N2CCN(S(=O)(=O)c3cc(F)ccc3F)CC2)cc1. The maximum atomic E-state index is 13.9. The monoisotopic (exact) mass is 394 g/mol. The van der Waals surface area contributed by atoms with Crippen LogP contribution >= 0.6 is 0 Å². The fraction of sp³-hybridized carbons (Fsp3) is 0.316. The number of rotatable bonds is 4. The minimum atomic E-state index is -4.16. The zero-order chi connectivity index (χ0) is 19.6. The highest BCUT2D eigenvalue weighted by Crippen LogP contribution is 2.22. The Morgan fingerprint density at radius 3 is 2.22 bits per heavy atom. The summed E-state index contributed by atoms with van der Waals surface area (Å²) in [5, 5.41) is 0. The maximum Gasteiger partial charge on any atom is 0.253 e. The molecule has 0 aliphatic carbocycles. The largest absolute Gasteiger partial charge is 0.336 e. The van der Waals surface area contributed by atoms with Gasteiger partial charge in [0, 0.05) is 31.7 Å². The highest BCUT2D eigenvalue weighted by atomic mass is 32.2. The molecule has 0 atom stereocenters. The van der Waals surface area contributed by atoms with Crippen molar-refractivity contribution in [3.8, 4) is 0 Å². The van der Waals surface area contributed by atoms with Crippen molar-refractivity contribution in [2.24, 2.45) is 0 Å². The van der Waals surface area contributed by atoms with E-state index in [0.29, 0.717) is 11.6 Å². The number of carbonyl (C=O) groups excluding carboxylic acids is 1. The summed E-state index contributed by atoms with van der Waals surface area (Å²) in [6.45, 7) is 2.45. The lowest BCUT2D eigenvalue weighted by atomic mass is 10.1. The molecular formula is C19H20F2N2O3S. The maximum absolute atomic E-state index is 13.9. The van der Waals surface area contributed by atoms with Gasteiger partial charge in [0.05, 0.1) is 0 Å². The highest BCUT2D eigenvalue weighted by molar-refractivity contribution is 7.89. The van der Waals surface area contributed by atoms with Crippen LogP contribution in [0.2, 0.25) is 0 Å². The summed E-state index contributed by atoms with van der Waals surface area (Å²) in [6.07, 6.45) is 0.877. The van der Waals surface area contributed by atoms with E-state index in [1.807, 2.05) is 19.1 Å². The molecule has 1 saturated heterocycles. The van der Waals surface area contributed by atoms with Gasteiger partial charge < -0.3 is 4.90 Å². The predicted molar refractivity (Wildman–Crippen MR) is 96.8 cm³/mol. The molecule has 0 spiro atoms. The Labute approximate surface area is 157 Å². The average molecular weight is 394 g/mol. The van der Waals surface area contributed by atoms with E-state index in [2.05, 4.69) is 0 Å². The topological polar surface area (TPSA) is 57.7 Å². The van der Waals surface area contributed by atoms with Crippen LogP contribution in [0, 0.1) is 11.6 Å². The molecule has 0 N–H and O–H groups in total. The first-order valence-corrected chi connectivity index (χ1v) is 10.1. The van der Waals surface area contributed by atoms with Crippen molar-refractivity contribution < 1.29 is 22.0 Å². The van der Waals surface area contributed by atoms with E-state index in [1.54, 1.807) is 17.0 Å². The quantitative estimate of drug-likeness (QED) is 0.801. The van der Waals surface area contributed by atoms with Crippen molar-refractivity contribution in [1.29, 1.82) is 0 Å². The molecule has 0 aromatic heterocycles. The number of amides is 1. The van der Waals surface area contributed by atoms with Gasteiger partial charge >= 0.3 is 0 Å². The van der Waals surface area contributed by atoms with Gasteiger partial charge in [0.15, 0.2) is 0 Å². The summed E-state index contributed by atoms with van der Waals surface area (Å²) in [5.74, 6) is -1.99. The molecular weight excluding hydrogens is 374 g/mol. The second-order valence-corrected chi connectivity index (χ2v) is 8.23. The predicted octanol–water partition coefficient (Wildman–Crippen LogP) is 2.67. The summed E-state index contributed by atoms with van der Waals surface area (Å²) in [5.41, 5.74) is 1.67. The molecule has 1 amide bonds. The van der Waals surface area contributed by atoms with E-state index >= 15 is 0 Å². The average Bonchev–Trinajstić information content (AvgIpc) is 2.69. The van der Waals surface area contributed by atoms with Crippen LogP contribution in [0.3, 0.4) is 0 Å². The first-order chi connectivity index (χ1) is 12.8. The van der Waals surface area contributed by atoms with Crippen molar-refractivity contribution in [2.45, 2.75) is 18.2 Å². The number of aryl methyl sites for hydroxylation is 1. The summed E-state index contributed by atoms with van der Waals surface area (Å²) in [4.78, 5) is 13.5. The van der Waals surface area contributed by atoms with Gasteiger partial charge in [-0.1, -0.05) is 19.1 Å². The lowest BCUT2D eigenvalue weighted by molar-refractivity contribution is 0.0697. The standard InChI is InChI=1S/C19H20F2N2O3S/c1-2-14-3-5-15(6-4-14)19(24)22-9-11-23(12-10-22)27(25,26)18-13-16(20)7-8-17(18)21/h3-8,13H,2,9-12H2,1H3. The van der Waals surface area contributed by atoms with Gasteiger partial charge in [-0.2, -0.15) is 4.31 Å². The van der Waals surface area contributed by atoms with Crippen molar-refractivity contribution >= 4 is 15.9 Å². The molecule has 2 aromatic rings. The minimum absolute atomic E-state index is 0.0249. The number of carbonyl (C=O) groups is 1. The Kier molecular flexibility index (Phi) is 5.57.